The Kier molecular flexibility index (Phi) is 69.7. The first-order chi connectivity index (χ1) is 44.9. The van der Waals surface area contributed by atoms with Crippen LogP contribution < -0.4 is 5.32 Å². The molecule has 0 rings (SSSR count). The van der Waals surface area contributed by atoms with Crippen molar-refractivity contribution in [2.45, 2.75) is 412 Å². The maximum Gasteiger partial charge on any atom is 0.472 e. The van der Waals surface area contributed by atoms with Gasteiger partial charge in [-0.3, -0.25) is 18.6 Å². The van der Waals surface area contributed by atoms with Crippen molar-refractivity contribution < 1.29 is 37.3 Å². The van der Waals surface area contributed by atoms with Crippen LogP contribution in [0.25, 0.3) is 0 Å². The van der Waals surface area contributed by atoms with Gasteiger partial charge in [-0.05, 0) is 76.7 Å². The Balaban J connectivity index is 4.90. The van der Waals surface area contributed by atoms with E-state index in [9.17, 15) is 19.0 Å². The van der Waals surface area contributed by atoms with Crippen LogP contribution in [0.15, 0.2) is 60.8 Å². The number of amides is 1. The summed E-state index contributed by atoms with van der Waals surface area (Å²) in [5.74, 6) is -0.489. The molecule has 0 aliphatic heterocycles. The van der Waals surface area contributed by atoms with E-state index in [1.54, 1.807) is 0 Å². The van der Waals surface area contributed by atoms with Crippen LogP contribution in [0.4, 0.5) is 0 Å². The van der Waals surface area contributed by atoms with E-state index < -0.39 is 20.0 Å². The number of carbonyl (C=O) groups excluding carboxylic acids is 2. The van der Waals surface area contributed by atoms with Gasteiger partial charge in [0, 0.05) is 12.8 Å². The van der Waals surface area contributed by atoms with Crippen molar-refractivity contribution in [3.05, 3.63) is 60.8 Å². The van der Waals surface area contributed by atoms with Crippen LogP contribution in [0.3, 0.4) is 0 Å². The average molecular weight is 1310 g/mol. The molecule has 10 heteroatoms. The third kappa shape index (κ3) is 72.0. The number of likely N-dealkylation sites (N-methyl/N-ethyl adjacent to an activating group) is 1. The lowest BCUT2D eigenvalue weighted by molar-refractivity contribution is -0.870. The van der Waals surface area contributed by atoms with Crippen molar-refractivity contribution in [2.75, 3.05) is 40.9 Å². The summed E-state index contributed by atoms with van der Waals surface area (Å²) in [7, 11) is 1.51. The molecule has 0 bridgehead atoms. The minimum atomic E-state index is -4.46. The lowest BCUT2D eigenvalue weighted by atomic mass is 10.0. The molecule has 0 aromatic carbocycles. The maximum absolute atomic E-state index is 13.7. The van der Waals surface area contributed by atoms with Gasteiger partial charge >= 0.3 is 13.8 Å². The van der Waals surface area contributed by atoms with Crippen LogP contribution in [0.2, 0.25) is 0 Å². The lowest BCUT2D eigenvalue weighted by Crippen LogP contribution is -2.47. The predicted molar refractivity (Wildman–Crippen MR) is 402 cm³/mol. The maximum atomic E-state index is 13.7. The molecule has 0 fully saturated rings. The van der Waals surface area contributed by atoms with Crippen molar-refractivity contribution in [1.29, 1.82) is 0 Å². The van der Waals surface area contributed by atoms with Gasteiger partial charge in [0.15, 0.2) is 0 Å². The molecule has 0 saturated carbocycles. The number of hydrogen-bond acceptors (Lipinski definition) is 6. The Labute approximate surface area is 572 Å². The van der Waals surface area contributed by atoms with Crippen LogP contribution in [0.1, 0.15) is 400 Å². The Morgan fingerprint density at radius 2 is 0.663 bits per heavy atom. The molecule has 0 aromatic heterocycles. The topological polar surface area (TPSA) is 111 Å². The standard InChI is InChI=1S/C82H155N2O7P/c1-7-10-13-16-19-22-25-28-30-32-34-36-38-40-42-44-46-48-50-52-54-56-59-62-65-68-71-74-81(85)83-79(78-90-92(87,88)89-77-76-84(4,5)6)80(73-70-67-64-61-58-27-24-21-18-15-12-9-3)91-82(86)75-72-69-66-63-60-57-55-53-51-49-47-45-43-41-39-37-35-33-31-29-26-23-20-17-14-11-8-2/h20,23,29,31,35,37,41,43,70,73,79-80H,7-19,21-22,24-28,30,32-34,36,38-40,42,44-69,71-72,74-78H2,1-6H3,(H-,83,85,87,88)/p+1/b23-20-,31-29-,37-35-,43-41-,73-70+. The second-order valence-electron chi connectivity index (χ2n) is 28.6. The molecule has 0 heterocycles. The molecule has 3 unspecified atom stereocenters. The Morgan fingerprint density at radius 3 is 1.01 bits per heavy atom. The fraction of sp³-hybridized carbons (Fsp3) is 0.854. The normalized spacial score (nSPS) is 13.7. The molecule has 0 aliphatic carbocycles. The predicted octanol–water partition coefficient (Wildman–Crippen LogP) is 26.1. The molecule has 2 N–H and O–H groups in total. The van der Waals surface area contributed by atoms with Crippen molar-refractivity contribution >= 4 is 19.7 Å². The molecule has 3 atom stereocenters. The highest BCUT2D eigenvalue weighted by Gasteiger charge is 2.30. The molecule has 0 radical (unpaired) electrons. The van der Waals surface area contributed by atoms with Crippen molar-refractivity contribution in [3.8, 4) is 0 Å². The Bertz CT molecular complexity index is 1760. The second-order valence-corrected chi connectivity index (χ2v) is 30.1. The molecule has 1 amide bonds. The van der Waals surface area contributed by atoms with Gasteiger partial charge in [0.1, 0.15) is 19.3 Å². The Morgan fingerprint density at radius 1 is 0.380 bits per heavy atom. The molecule has 0 saturated heterocycles. The number of ether oxygens (including phenoxy) is 1. The first kappa shape index (κ1) is 89.7. The second kappa shape index (κ2) is 71.5. The van der Waals surface area contributed by atoms with Gasteiger partial charge in [0.25, 0.3) is 0 Å². The van der Waals surface area contributed by atoms with Crippen molar-refractivity contribution in [2.24, 2.45) is 0 Å². The third-order valence-corrected chi connectivity index (χ3v) is 19.2. The summed E-state index contributed by atoms with van der Waals surface area (Å²) in [6, 6.07) is -0.850. The van der Waals surface area contributed by atoms with E-state index in [0.29, 0.717) is 17.4 Å². The SMILES string of the molecule is CCCCC/C=C\C/C=C\C/C=C\C/C=C\CCCCCCCCCCCCCC(=O)OC(/C=C/CCCCCCCCCCCC)C(COP(=O)(O)OCC[N+](C)(C)C)NC(=O)CCCCCCCCCCCCCCCCCCCCCCCCCCCCC. The first-order valence-electron chi connectivity index (χ1n) is 40.1. The zero-order chi connectivity index (χ0) is 67.0. The van der Waals surface area contributed by atoms with Gasteiger partial charge in [-0.15, -0.1) is 0 Å². The summed E-state index contributed by atoms with van der Waals surface area (Å²) in [6.07, 6.45) is 94.0. The third-order valence-electron chi connectivity index (χ3n) is 18.2. The molecular formula is C82H156N2O7P+. The molecular weight excluding hydrogens is 1160 g/mol. The highest BCUT2D eigenvalue weighted by Crippen LogP contribution is 2.43. The van der Waals surface area contributed by atoms with E-state index in [4.69, 9.17) is 13.8 Å². The van der Waals surface area contributed by atoms with Crippen LogP contribution in [-0.2, 0) is 27.9 Å². The average Bonchev–Trinajstić information content (AvgIpc) is 3.72. The fourth-order valence-electron chi connectivity index (χ4n) is 12.0. The zero-order valence-electron chi connectivity index (χ0n) is 62.1. The summed E-state index contributed by atoms with van der Waals surface area (Å²) < 4.78 is 30.9. The number of nitrogens with zero attached hydrogens (tertiary/aromatic N) is 1. The molecule has 0 aliphatic rings. The molecule has 0 aromatic rings. The van der Waals surface area contributed by atoms with Gasteiger partial charge in [-0.2, -0.15) is 0 Å². The van der Waals surface area contributed by atoms with E-state index in [0.717, 1.165) is 77.0 Å². The number of phosphoric ester groups is 1. The van der Waals surface area contributed by atoms with Crippen molar-refractivity contribution in [1.82, 2.24) is 5.32 Å². The lowest BCUT2D eigenvalue weighted by Gasteiger charge is -2.27. The fourth-order valence-corrected chi connectivity index (χ4v) is 12.8. The minimum absolute atomic E-state index is 0.0411. The molecule has 9 nitrogen and oxygen atoms in total. The minimum Gasteiger partial charge on any atom is -0.456 e. The summed E-state index contributed by atoms with van der Waals surface area (Å²) in [5, 5.41) is 3.09. The van der Waals surface area contributed by atoms with E-state index in [1.165, 1.54) is 289 Å². The molecule has 540 valence electrons. The number of rotatable bonds is 74. The number of esters is 1. The van der Waals surface area contributed by atoms with E-state index in [1.807, 2.05) is 27.2 Å². The quantitative estimate of drug-likeness (QED) is 0.0205. The van der Waals surface area contributed by atoms with E-state index in [2.05, 4.69) is 80.8 Å². The van der Waals surface area contributed by atoms with Crippen LogP contribution in [-0.4, -0.2) is 74.3 Å². The smallest absolute Gasteiger partial charge is 0.456 e. The molecule has 92 heavy (non-hydrogen) atoms. The largest absolute Gasteiger partial charge is 0.472 e. The number of nitrogens with one attached hydrogen (secondary N) is 1. The number of carbonyl (C=O) groups is 2. The number of hydrogen-bond donors (Lipinski definition) is 2. The van der Waals surface area contributed by atoms with Crippen LogP contribution in [0, 0.1) is 0 Å². The summed E-state index contributed by atoms with van der Waals surface area (Å²) in [5.41, 5.74) is 0. The van der Waals surface area contributed by atoms with Gasteiger partial charge in [-0.25, -0.2) is 4.57 Å². The van der Waals surface area contributed by atoms with Gasteiger partial charge in [0.2, 0.25) is 5.91 Å². The molecule has 0 spiro atoms. The van der Waals surface area contributed by atoms with Crippen LogP contribution in [0.5, 0.6) is 0 Å². The summed E-state index contributed by atoms with van der Waals surface area (Å²) in [4.78, 5) is 38.0. The number of allylic oxidation sites excluding steroid dienone is 9. The van der Waals surface area contributed by atoms with Gasteiger partial charge in [-0.1, -0.05) is 371 Å². The number of unbranched alkanes of at least 4 members (excludes halogenated alkanes) is 50. The number of phosphoric acid groups is 1. The van der Waals surface area contributed by atoms with Gasteiger partial charge < -0.3 is 19.4 Å². The van der Waals surface area contributed by atoms with E-state index >= 15 is 0 Å². The van der Waals surface area contributed by atoms with E-state index in [-0.39, 0.29) is 31.5 Å². The number of quaternary nitrogens is 1. The van der Waals surface area contributed by atoms with Crippen molar-refractivity contribution in [3.63, 3.8) is 0 Å². The highest BCUT2D eigenvalue weighted by atomic mass is 31.2. The summed E-state index contributed by atoms with van der Waals surface area (Å²) >= 11 is 0. The van der Waals surface area contributed by atoms with Crippen LogP contribution >= 0.6 is 7.82 Å². The first-order valence-corrected chi connectivity index (χ1v) is 41.6. The highest BCUT2D eigenvalue weighted by molar-refractivity contribution is 7.47. The van der Waals surface area contributed by atoms with Gasteiger partial charge in [0.05, 0.1) is 33.8 Å². The summed E-state index contributed by atoms with van der Waals surface area (Å²) in [6.45, 7) is 7.05. The Hall–Kier alpha value is -2.29. The monoisotopic (exact) mass is 1310 g/mol. The zero-order valence-corrected chi connectivity index (χ0v) is 63.0.